The SMILES string of the molecule is C=CCOc1cccc(C2c3c(oc4cc(C)c(Cl)cc4c3=O)C(=O)N2Cc2cccnc2)c1. The maximum Gasteiger partial charge on any atom is 0.291 e. The predicted molar refractivity (Wildman–Crippen MR) is 130 cm³/mol. The lowest BCUT2D eigenvalue weighted by Gasteiger charge is -2.25. The van der Waals surface area contributed by atoms with Gasteiger partial charge < -0.3 is 14.1 Å². The Hall–Kier alpha value is -3.90. The molecule has 0 N–H and O–H groups in total. The number of benzene rings is 2. The zero-order valence-corrected chi connectivity index (χ0v) is 19.2. The lowest BCUT2D eigenvalue weighted by atomic mass is 9.98. The number of carbonyl (C=O) groups excluding carboxylic acids is 1. The van der Waals surface area contributed by atoms with E-state index < -0.39 is 6.04 Å². The first-order valence-electron chi connectivity index (χ1n) is 10.8. The van der Waals surface area contributed by atoms with Gasteiger partial charge >= 0.3 is 0 Å². The second kappa shape index (κ2) is 8.80. The van der Waals surface area contributed by atoms with Gasteiger partial charge in [-0.2, -0.15) is 0 Å². The summed E-state index contributed by atoms with van der Waals surface area (Å²) in [4.78, 5) is 33.1. The molecule has 34 heavy (non-hydrogen) atoms. The number of ether oxygens (including phenoxy) is 1. The Morgan fingerprint density at radius 2 is 2.06 bits per heavy atom. The number of aryl methyl sites for hydroxylation is 1. The molecule has 1 atom stereocenters. The number of pyridine rings is 1. The second-order valence-electron chi connectivity index (χ2n) is 8.14. The molecule has 4 aromatic rings. The van der Waals surface area contributed by atoms with E-state index in [9.17, 15) is 9.59 Å². The number of hydrogen-bond acceptors (Lipinski definition) is 5. The third-order valence-corrected chi connectivity index (χ3v) is 6.27. The zero-order valence-electron chi connectivity index (χ0n) is 18.5. The third kappa shape index (κ3) is 3.76. The van der Waals surface area contributed by atoms with Crippen LogP contribution in [0.3, 0.4) is 0 Å². The summed E-state index contributed by atoms with van der Waals surface area (Å²) < 4.78 is 11.7. The van der Waals surface area contributed by atoms with Crippen LogP contribution >= 0.6 is 11.6 Å². The fourth-order valence-corrected chi connectivity index (χ4v) is 4.43. The first kappa shape index (κ1) is 21.9. The predicted octanol–water partition coefficient (Wildman–Crippen LogP) is 5.46. The van der Waals surface area contributed by atoms with E-state index in [0.29, 0.717) is 33.9 Å². The van der Waals surface area contributed by atoms with Gasteiger partial charge in [-0.05, 0) is 53.9 Å². The average Bonchev–Trinajstić information content (AvgIpc) is 3.11. The van der Waals surface area contributed by atoms with Crippen molar-refractivity contribution >= 4 is 28.5 Å². The van der Waals surface area contributed by atoms with Crippen LogP contribution in [0.5, 0.6) is 5.75 Å². The topological polar surface area (TPSA) is 72.6 Å². The summed E-state index contributed by atoms with van der Waals surface area (Å²) in [6.45, 7) is 6.10. The number of nitrogens with zero attached hydrogens (tertiary/aromatic N) is 2. The maximum atomic E-state index is 13.7. The molecule has 5 rings (SSSR count). The molecule has 0 spiro atoms. The smallest absolute Gasteiger partial charge is 0.291 e. The van der Waals surface area contributed by atoms with E-state index in [1.807, 2.05) is 43.3 Å². The molecule has 0 fully saturated rings. The van der Waals surface area contributed by atoms with Crippen molar-refractivity contribution in [1.29, 1.82) is 0 Å². The number of aromatic nitrogens is 1. The van der Waals surface area contributed by atoms with Gasteiger partial charge in [0.1, 0.15) is 17.9 Å². The van der Waals surface area contributed by atoms with Crippen molar-refractivity contribution in [2.75, 3.05) is 6.61 Å². The van der Waals surface area contributed by atoms with Gasteiger partial charge in [-0.25, -0.2) is 0 Å². The van der Waals surface area contributed by atoms with Gasteiger partial charge in [0, 0.05) is 24.0 Å². The van der Waals surface area contributed by atoms with Crippen molar-refractivity contribution in [2.24, 2.45) is 0 Å². The molecule has 1 aliphatic heterocycles. The molecule has 0 bridgehead atoms. The normalized spacial score (nSPS) is 14.9. The van der Waals surface area contributed by atoms with Gasteiger partial charge in [0.05, 0.1) is 17.0 Å². The van der Waals surface area contributed by atoms with Crippen LogP contribution in [0, 0.1) is 6.92 Å². The summed E-state index contributed by atoms with van der Waals surface area (Å²) in [5, 5.41) is 0.808. The number of rotatable bonds is 6. The van der Waals surface area contributed by atoms with Crippen LogP contribution in [0.4, 0.5) is 0 Å². The number of halogens is 1. The fraction of sp³-hybridized carbons (Fsp3) is 0.148. The monoisotopic (exact) mass is 472 g/mol. The number of fused-ring (bicyclic) bond motifs is 2. The summed E-state index contributed by atoms with van der Waals surface area (Å²) in [5.74, 6) is 0.307. The Bertz CT molecular complexity index is 1480. The summed E-state index contributed by atoms with van der Waals surface area (Å²) in [6.07, 6.45) is 5.03. The molecular weight excluding hydrogens is 452 g/mol. The first-order chi connectivity index (χ1) is 16.5. The van der Waals surface area contributed by atoms with Crippen molar-refractivity contribution in [3.63, 3.8) is 0 Å². The summed E-state index contributed by atoms with van der Waals surface area (Å²) in [5.41, 5.74) is 2.69. The molecule has 0 saturated heterocycles. The van der Waals surface area contributed by atoms with Crippen LogP contribution in [-0.2, 0) is 6.54 Å². The largest absolute Gasteiger partial charge is 0.490 e. The van der Waals surface area contributed by atoms with Crippen LogP contribution in [0.15, 0.2) is 82.8 Å². The molecule has 1 unspecified atom stereocenters. The van der Waals surface area contributed by atoms with Gasteiger partial charge in [0.2, 0.25) is 5.76 Å². The average molecular weight is 473 g/mol. The zero-order chi connectivity index (χ0) is 23.8. The minimum absolute atomic E-state index is 0.0468. The number of amides is 1. The molecule has 0 aliphatic carbocycles. The van der Waals surface area contributed by atoms with E-state index in [1.54, 1.807) is 35.5 Å². The van der Waals surface area contributed by atoms with E-state index in [1.165, 1.54) is 0 Å². The minimum atomic E-state index is -0.657. The van der Waals surface area contributed by atoms with Crippen LogP contribution < -0.4 is 10.2 Å². The van der Waals surface area contributed by atoms with Crippen LogP contribution in [0.25, 0.3) is 11.0 Å². The van der Waals surface area contributed by atoms with Gasteiger partial charge in [0.25, 0.3) is 5.91 Å². The lowest BCUT2D eigenvalue weighted by molar-refractivity contribution is 0.0714. The third-order valence-electron chi connectivity index (χ3n) is 5.86. The van der Waals surface area contributed by atoms with Gasteiger partial charge in [0.15, 0.2) is 5.43 Å². The summed E-state index contributed by atoms with van der Waals surface area (Å²) in [6, 6.07) is 13.7. The van der Waals surface area contributed by atoms with E-state index in [4.69, 9.17) is 20.8 Å². The summed E-state index contributed by atoms with van der Waals surface area (Å²) in [7, 11) is 0. The van der Waals surface area contributed by atoms with E-state index in [-0.39, 0.29) is 23.6 Å². The van der Waals surface area contributed by atoms with Crippen molar-refractivity contribution in [3.05, 3.63) is 117 Å². The molecule has 0 saturated carbocycles. The van der Waals surface area contributed by atoms with Crippen molar-refractivity contribution < 1.29 is 13.9 Å². The highest BCUT2D eigenvalue weighted by Crippen LogP contribution is 2.40. The fourth-order valence-electron chi connectivity index (χ4n) is 4.27. The molecule has 1 amide bonds. The minimum Gasteiger partial charge on any atom is -0.490 e. The Morgan fingerprint density at radius 3 is 2.82 bits per heavy atom. The highest BCUT2D eigenvalue weighted by molar-refractivity contribution is 6.32. The molecule has 1 aliphatic rings. The Kier molecular flexibility index (Phi) is 5.67. The van der Waals surface area contributed by atoms with Crippen molar-refractivity contribution in [2.45, 2.75) is 19.5 Å². The van der Waals surface area contributed by atoms with Gasteiger partial charge in [-0.1, -0.05) is 42.5 Å². The van der Waals surface area contributed by atoms with Gasteiger partial charge in [-0.3, -0.25) is 14.6 Å². The van der Waals surface area contributed by atoms with Gasteiger partial charge in [-0.15, -0.1) is 0 Å². The highest BCUT2D eigenvalue weighted by atomic mass is 35.5. The maximum absolute atomic E-state index is 13.7. The molecular formula is C27H21ClN2O4. The van der Waals surface area contributed by atoms with Crippen LogP contribution in [-0.4, -0.2) is 22.4 Å². The molecule has 6 nitrogen and oxygen atoms in total. The molecule has 0 radical (unpaired) electrons. The standard InChI is InChI=1S/C27H21ClN2O4/c1-3-10-33-19-8-4-7-18(12-19)24-23-25(31)20-13-21(28)16(2)11-22(20)34-26(23)27(32)30(24)15-17-6-5-9-29-14-17/h3-9,11-14,24H,1,10,15H2,2H3. The molecule has 7 heteroatoms. The van der Waals surface area contributed by atoms with Crippen LogP contribution in [0.2, 0.25) is 5.02 Å². The number of carbonyl (C=O) groups is 1. The highest BCUT2D eigenvalue weighted by Gasteiger charge is 2.43. The van der Waals surface area contributed by atoms with Crippen molar-refractivity contribution in [1.82, 2.24) is 9.88 Å². The Morgan fingerprint density at radius 1 is 1.21 bits per heavy atom. The van der Waals surface area contributed by atoms with Crippen molar-refractivity contribution in [3.8, 4) is 5.75 Å². The van der Waals surface area contributed by atoms with E-state index in [0.717, 1.165) is 16.7 Å². The Labute approximate surface area is 201 Å². The van der Waals surface area contributed by atoms with E-state index in [2.05, 4.69) is 11.6 Å². The second-order valence-corrected chi connectivity index (χ2v) is 8.55. The first-order valence-corrected chi connectivity index (χ1v) is 11.2. The molecule has 2 aromatic carbocycles. The lowest BCUT2D eigenvalue weighted by Crippen LogP contribution is -2.29. The number of hydrogen-bond donors (Lipinski definition) is 0. The molecule has 2 aromatic heterocycles. The molecule has 170 valence electrons. The summed E-state index contributed by atoms with van der Waals surface area (Å²) >= 11 is 6.31. The Balaban J connectivity index is 1.71. The van der Waals surface area contributed by atoms with E-state index >= 15 is 0 Å². The quantitative estimate of drug-likeness (QED) is 0.348. The van der Waals surface area contributed by atoms with Crippen LogP contribution in [0.1, 0.15) is 38.9 Å². The molecule has 3 heterocycles.